The van der Waals surface area contributed by atoms with Crippen LogP contribution >= 0.6 is 11.6 Å². The van der Waals surface area contributed by atoms with Crippen molar-refractivity contribution in [3.8, 4) is 11.1 Å². The average molecular weight is 501 g/mol. The second kappa shape index (κ2) is 9.78. The number of rotatable bonds is 7. The van der Waals surface area contributed by atoms with Gasteiger partial charge in [0.25, 0.3) is 0 Å². The Morgan fingerprint density at radius 3 is 2.32 bits per heavy atom. The molecule has 0 atom stereocenters. The van der Waals surface area contributed by atoms with E-state index in [1.165, 1.54) is 26.0 Å². The van der Waals surface area contributed by atoms with Crippen LogP contribution in [0.5, 0.6) is 0 Å². The van der Waals surface area contributed by atoms with Crippen molar-refractivity contribution < 1.29 is 17.9 Å². The molecule has 0 aliphatic carbocycles. The quantitative estimate of drug-likeness (QED) is 0.380. The monoisotopic (exact) mass is 500 g/mol. The number of hydrogen-bond acceptors (Lipinski definition) is 5. The molecule has 2 N–H and O–H groups in total. The summed E-state index contributed by atoms with van der Waals surface area (Å²) in [4.78, 5) is 4.87. The first-order chi connectivity index (χ1) is 15.8. The van der Waals surface area contributed by atoms with Gasteiger partial charge in [-0.25, -0.2) is 12.8 Å². The fourth-order valence-corrected chi connectivity index (χ4v) is 4.29. The van der Waals surface area contributed by atoms with Gasteiger partial charge in [0, 0.05) is 18.4 Å². The minimum atomic E-state index is -3.34. The fraction of sp³-hybridized carbons (Fsp3) is 0.231. The molecule has 3 aromatic carbocycles. The van der Waals surface area contributed by atoms with Crippen LogP contribution in [0.15, 0.2) is 70.6 Å². The molecule has 8 heteroatoms. The molecular weight excluding hydrogens is 475 g/mol. The Kier molecular flexibility index (Phi) is 7.41. The molecule has 34 heavy (non-hydrogen) atoms. The maximum absolute atomic E-state index is 14.7. The molecule has 3 aromatic rings. The van der Waals surface area contributed by atoms with Crippen LogP contribution in [0.25, 0.3) is 11.1 Å². The van der Waals surface area contributed by atoms with Gasteiger partial charge in [-0.15, -0.1) is 0 Å². The molecule has 0 heterocycles. The summed E-state index contributed by atoms with van der Waals surface area (Å²) in [6, 6.07) is 16.4. The van der Waals surface area contributed by atoms with Crippen LogP contribution in [0.2, 0.25) is 5.02 Å². The number of nitrogens with zero attached hydrogens (tertiary/aromatic N) is 1. The molecule has 0 amide bonds. The fourth-order valence-electron chi connectivity index (χ4n) is 3.35. The standard InChI is InChI=1S/C26H26ClFN2O3S/c1-16-13-18(17-7-5-8-19(14-17)34(4,32)33)11-12-22(16)30-23(15-24(29)26(2,3)31)25-20(27)9-6-10-21(25)28/h5-14,29,31H,15H2,1-4H3. The van der Waals surface area contributed by atoms with Gasteiger partial charge in [0.1, 0.15) is 5.82 Å². The Morgan fingerprint density at radius 1 is 1.09 bits per heavy atom. The van der Waals surface area contributed by atoms with E-state index in [1.54, 1.807) is 36.4 Å². The Morgan fingerprint density at radius 2 is 1.74 bits per heavy atom. The zero-order valence-electron chi connectivity index (χ0n) is 19.4. The molecule has 0 saturated heterocycles. The molecular formula is C26H26ClFN2O3S. The van der Waals surface area contributed by atoms with Crippen molar-refractivity contribution in [2.45, 2.75) is 37.7 Å². The van der Waals surface area contributed by atoms with Crippen molar-refractivity contribution in [2.75, 3.05) is 6.26 Å². The van der Waals surface area contributed by atoms with E-state index in [0.717, 1.165) is 22.9 Å². The lowest BCUT2D eigenvalue weighted by molar-refractivity contribution is 0.151. The van der Waals surface area contributed by atoms with Gasteiger partial charge >= 0.3 is 0 Å². The van der Waals surface area contributed by atoms with Gasteiger partial charge in [0.05, 0.1) is 32.5 Å². The third kappa shape index (κ3) is 5.97. The van der Waals surface area contributed by atoms with Gasteiger partial charge in [-0.2, -0.15) is 0 Å². The first-order valence-electron chi connectivity index (χ1n) is 10.5. The average Bonchev–Trinajstić information content (AvgIpc) is 2.73. The van der Waals surface area contributed by atoms with Crippen LogP contribution in [-0.4, -0.2) is 36.8 Å². The normalized spacial score (nSPS) is 12.6. The van der Waals surface area contributed by atoms with E-state index in [2.05, 4.69) is 4.99 Å². The summed E-state index contributed by atoms with van der Waals surface area (Å²) >= 11 is 6.28. The maximum atomic E-state index is 14.7. The number of sulfone groups is 1. The second-order valence-corrected chi connectivity index (χ2v) is 11.1. The van der Waals surface area contributed by atoms with Crippen molar-refractivity contribution in [1.82, 2.24) is 0 Å². The molecule has 0 fully saturated rings. The van der Waals surface area contributed by atoms with Crippen LogP contribution in [0, 0.1) is 18.2 Å². The van der Waals surface area contributed by atoms with E-state index in [0.29, 0.717) is 5.69 Å². The largest absolute Gasteiger partial charge is 0.385 e. The van der Waals surface area contributed by atoms with Gasteiger partial charge in [-0.1, -0.05) is 35.9 Å². The first-order valence-corrected chi connectivity index (χ1v) is 12.8. The molecule has 0 unspecified atom stereocenters. The first kappa shape index (κ1) is 25.7. The number of aryl methyl sites for hydroxylation is 1. The summed E-state index contributed by atoms with van der Waals surface area (Å²) < 4.78 is 38.5. The Bertz CT molecular complexity index is 1370. The lowest BCUT2D eigenvalue weighted by Crippen LogP contribution is -2.32. The van der Waals surface area contributed by atoms with Gasteiger partial charge in [-0.3, -0.25) is 4.99 Å². The lowest BCUT2D eigenvalue weighted by atomic mass is 9.94. The number of nitrogens with one attached hydrogen (secondary N) is 1. The van der Waals surface area contributed by atoms with E-state index in [9.17, 15) is 17.9 Å². The summed E-state index contributed by atoms with van der Waals surface area (Å²) in [7, 11) is -3.34. The summed E-state index contributed by atoms with van der Waals surface area (Å²) in [5, 5.41) is 18.6. The molecule has 0 aliphatic rings. The van der Waals surface area contributed by atoms with Gasteiger partial charge in [0.2, 0.25) is 0 Å². The van der Waals surface area contributed by atoms with E-state index in [-0.39, 0.29) is 33.3 Å². The van der Waals surface area contributed by atoms with Crippen molar-refractivity contribution >= 4 is 38.5 Å². The zero-order chi connectivity index (χ0) is 25.3. The Hall–Kier alpha value is -2.87. The van der Waals surface area contributed by atoms with Crippen molar-refractivity contribution in [3.05, 3.63) is 82.6 Å². The number of aliphatic hydroxyl groups is 1. The molecule has 5 nitrogen and oxygen atoms in total. The molecule has 0 aliphatic heterocycles. The summed E-state index contributed by atoms with van der Waals surface area (Å²) in [5.41, 5.74) is 1.73. The molecule has 0 aromatic heterocycles. The Labute approximate surface area is 204 Å². The van der Waals surface area contributed by atoms with Crippen LogP contribution in [0.4, 0.5) is 10.1 Å². The number of hydrogen-bond donors (Lipinski definition) is 2. The van der Waals surface area contributed by atoms with Crippen LogP contribution < -0.4 is 0 Å². The Balaban J connectivity index is 2.09. The van der Waals surface area contributed by atoms with Crippen molar-refractivity contribution in [1.29, 1.82) is 5.41 Å². The predicted molar refractivity (Wildman–Crippen MR) is 136 cm³/mol. The van der Waals surface area contributed by atoms with Crippen LogP contribution in [0.1, 0.15) is 31.4 Å². The minimum Gasteiger partial charge on any atom is -0.385 e. The molecule has 178 valence electrons. The molecule has 0 radical (unpaired) electrons. The SMILES string of the molecule is Cc1cc(-c2cccc(S(C)(=O)=O)c2)ccc1N=C(CC(=N)C(C)(C)O)c1c(F)cccc1Cl. The highest BCUT2D eigenvalue weighted by molar-refractivity contribution is 7.90. The number of aliphatic imine (C=N–C) groups is 1. The van der Waals surface area contributed by atoms with Gasteiger partial charge in [-0.05, 0) is 73.9 Å². The smallest absolute Gasteiger partial charge is 0.175 e. The van der Waals surface area contributed by atoms with Crippen LogP contribution in [-0.2, 0) is 9.84 Å². The van der Waals surface area contributed by atoms with Gasteiger partial charge in [0.15, 0.2) is 9.84 Å². The lowest BCUT2D eigenvalue weighted by Gasteiger charge is -2.20. The maximum Gasteiger partial charge on any atom is 0.175 e. The van der Waals surface area contributed by atoms with E-state index in [1.807, 2.05) is 19.1 Å². The van der Waals surface area contributed by atoms with Crippen LogP contribution in [0.3, 0.4) is 0 Å². The second-order valence-electron chi connectivity index (χ2n) is 8.67. The van der Waals surface area contributed by atoms with Crippen molar-refractivity contribution in [2.24, 2.45) is 4.99 Å². The number of halogens is 2. The molecule has 0 saturated carbocycles. The zero-order valence-corrected chi connectivity index (χ0v) is 20.9. The highest BCUT2D eigenvalue weighted by atomic mass is 35.5. The topological polar surface area (TPSA) is 90.6 Å². The van der Waals surface area contributed by atoms with Gasteiger partial charge < -0.3 is 10.5 Å². The minimum absolute atomic E-state index is 0.0302. The molecule has 3 rings (SSSR count). The van der Waals surface area contributed by atoms with Crippen molar-refractivity contribution in [3.63, 3.8) is 0 Å². The van der Waals surface area contributed by atoms with E-state index in [4.69, 9.17) is 17.0 Å². The molecule has 0 spiro atoms. The third-order valence-electron chi connectivity index (χ3n) is 5.38. The van der Waals surface area contributed by atoms with E-state index < -0.39 is 21.3 Å². The summed E-state index contributed by atoms with van der Waals surface area (Å²) in [6.07, 6.45) is 1.07. The number of benzene rings is 3. The summed E-state index contributed by atoms with van der Waals surface area (Å²) in [5.74, 6) is -0.568. The third-order valence-corrected chi connectivity index (χ3v) is 6.81. The highest BCUT2D eigenvalue weighted by Gasteiger charge is 2.24. The highest BCUT2D eigenvalue weighted by Crippen LogP contribution is 2.30. The molecule has 0 bridgehead atoms. The predicted octanol–water partition coefficient (Wildman–Crippen LogP) is 6.16. The summed E-state index contributed by atoms with van der Waals surface area (Å²) in [6.45, 7) is 4.81. The van der Waals surface area contributed by atoms with E-state index >= 15 is 0 Å².